The molecule has 1 saturated heterocycles. The van der Waals surface area contributed by atoms with E-state index in [1.165, 1.54) is 19.3 Å². The van der Waals surface area contributed by atoms with Gasteiger partial charge in [0.25, 0.3) is 0 Å². The van der Waals surface area contributed by atoms with E-state index in [-0.39, 0.29) is 24.4 Å². The summed E-state index contributed by atoms with van der Waals surface area (Å²) in [5, 5.41) is 0.689. The molecule has 0 spiro atoms. The Labute approximate surface area is 185 Å². The Kier molecular flexibility index (Phi) is 8.32. The van der Waals surface area contributed by atoms with E-state index in [4.69, 9.17) is 22.1 Å². The molecule has 1 aliphatic heterocycles. The molecule has 0 aromatic heterocycles. The van der Waals surface area contributed by atoms with Crippen molar-refractivity contribution in [2.75, 3.05) is 19.7 Å². The third kappa shape index (κ3) is 5.83. The second kappa shape index (κ2) is 10.7. The van der Waals surface area contributed by atoms with E-state index in [2.05, 4.69) is 0 Å². The van der Waals surface area contributed by atoms with Crippen LogP contribution in [0.5, 0.6) is 0 Å². The zero-order valence-electron chi connectivity index (χ0n) is 18.1. The lowest BCUT2D eigenvalue weighted by atomic mass is 9.70. The number of Topliss-reactive ketones (excluding diaryl/α,β-unsaturated/α-hetero) is 1. The maximum Gasteiger partial charge on any atom is 0.239 e. The maximum atomic E-state index is 13.4. The number of carbonyl (C=O) groups is 2. The molecule has 1 aromatic rings. The lowest BCUT2D eigenvalue weighted by Gasteiger charge is -2.41. The van der Waals surface area contributed by atoms with Crippen molar-refractivity contribution in [2.45, 2.75) is 76.9 Å². The number of benzene rings is 1. The van der Waals surface area contributed by atoms with Gasteiger partial charge in [-0.2, -0.15) is 0 Å². The van der Waals surface area contributed by atoms with Crippen LogP contribution in [0.25, 0.3) is 0 Å². The van der Waals surface area contributed by atoms with Crippen molar-refractivity contribution in [3.8, 4) is 0 Å². The first-order valence-corrected chi connectivity index (χ1v) is 11.7. The molecule has 1 atom stereocenters. The summed E-state index contributed by atoms with van der Waals surface area (Å²) in [5.74, 6) is 0.151. The molecule has 1 saturated carbocycles. The number of carbonyl (C=O) groups excluding carboxylic acids is 2. The summed E-state index contributed by atoms with van der Waals surface area (Å²) < 4.78 is 6.04. The minimum absolute atomic E-state index is 0.0107. The second-order valence-electron chi connectivity index (χ2n) is 8.92. The average molecular weight is 435 g/mol. The van der Waals surface area contributed by atoms with Gasteiger partial charge in [0.2, 0.25) is 5.91 Å². The topological polar surface area (TPSA) is 72.6 Å². The highest BCUT2D eigenvalue weighted by atomic mass is 35.5. The first-order valence-electron chi connectivity index (χ1n) is 11.4. The summed E-state index contributed by atoms with van der Waals surface area (Å²) in [6.07, 6.45) is 8.50. The highest BCUT2D eigenvalue weighted by molar-refractivity contribution is 6.30. The van der Waals surface area contributed by atoms with Gasteiger partial charge in [-0.15, -0.1) is 0 Å². The molecule has 1 aliphatic carbocycles. The second-order valence-corrected chi connectivity index (χ2v) is 9.35. The fourth-order valence-electron chi connectivity index (χ4n) is 4.69. The summed E-state index contributed by atoms with van der Waals surface area (Å²) in [6.45, 7) is 3.22. The molecule has 6 heteroatoms. The van der Waals surface area contributed by atoms with Crippen molar-refractivity contribution < 1.29 is 14.3 Å². The van der Waals surface area contributed by atoms with Crippen LogP contribution < -0.4 is 5.73 Å². The monoisotopic (exact) mass is 434 g/mol. The van der Waals surface area contributed by atoms with E-state index in [0.717, 1.165) is 18.4 Å². The predicted molar refractivity (Wildman–Crippen MR) is 120 cm³/mol. The Morgan fingerprint density at radius 1 is 1.17 bits per heavy atom. The summed E-state index contributed by atoms with van der Waals surface area (Å²) in [6, 6.07) is 7.26. The first-order chi connectivity index (χ1) is 14.4. The van der Waals surface area contributed by atoms with E-state index in [1.807, 2.05) is 36.1 Å². The lowest BCUT2D eigenvalue weighted by Crippen LogP contribution is -2.52. The van der Waals surface area contributed by atoms with Crippen LogP contribution in [0.3, 0.4) is 0 Å². The normalized spacial score (nSPS) is 20.7. The van der Waals surface area contributed by atoms with Crippen LogP contribution in [0.4, 0.5) is 0 Å². The molecule has 30 heavy (non-hydrogen) atoms. The third-order valence-electron chi connectivity index (χ3n) is 6.84. The number of halogens is 1. The molecule has 5 nitrogen and oxygen atoms in total. The molecular weight excluding hydrogens is 400 g/mol. The summed E-state index contributed by atoms with van der Waals surface area (Å²) in [7, 11) is 0. The highest BCUT2D eigenvalue weighted by Crippen LogP contribution is 2.37. The molecule has 2 aliphatic rings. The zero-order valence-corrected chi connectivity index (χ0v) is 18.8. The van der Waals surface area contributed by atoms with Crippen molar-refractivity contribution in [1.82, 2.24) is 4.90 Å². The predicted octanol–water partition coefficient (Wildman–Crippen LogP) is 4.15. The van der Waals surface area contributed by atoms with Gasteiger partial charge in [0.1, 0.15) is 6.61 Å². The van der Waals surface area contributed by atoms with E-state index < -0.39 is 11.5 Å². The van der Waals surface area contributed by atoms with Crippen molar-refractivity contribution in [3.63, 3.8) is 0 Å². The molecule has 2 N–H and O–H groups in total. The number of piperidine rings is 1. The molecule has 1 aromatic carbocycles. The van der Waals surface area contributed by atoms with Gasteiger partial charge in [0.15, 0.2) is 5.78 Å². The quantitative estimate of drug-likeness (QED) is 0.667. The van der Waals surface area contributed by atoms with Gasteiger partial charge in [0.05, 0.1) is 12.1 Å². The van der Waals surface area contributed by atoms with E-state index >= 15 is 0 Å². The average Bonchev–Trinajstić information content (AvgIpc) is 2.79. The molecule has 0 radical (unpaired) electrons. The summed E-state index contributed by atoms with van der Waals surface area (Å²) >= 11 is 6.04. The van der Waals surface area contributed by atoms with Gasteiger partial charge in [-0.25, -0.2) is 0 Å². The van der Waals surface area contributed by atoms with Gasteiger partial charge < -0.3 is 15.4 Å². The Bertz CT molecular complexity index is 708. The molecule has 1 amide bonds. The zero-order chi connectivity index (χ0) is 21.6. The summed E-state index contributed by atoms with van der Waals surface area (Å²) in [4.78, 5) is 27.8. The molecular formula is C24H35ClN2O3. The lowest BCUT2D eigenvalue weighted by molar-refractivity contribution is -0.144. The number of ether oxygens (including phenoxy) is 1. The van der Waals surface area contributed by atoms with Crippen molar-refractivity contribution in [3.05, 3.63) is 34.9 Å². The number of amides is 1. The fourth-order valence-corrected chi connectivity index (χ4v) is 4.82. The van der Waals surface area contributed by atoms with Crippen LogP contribution in [0.2, 0.25) is 5.02 Å². The van der Waals surface area contributed by atoms with Crippen molar-refractivity contribution >= 4 is 23.3 Å². The van der Waals surface area contributed by atoms with Crippen LogP contribution in [-0.4, -0.2) is 48.4 Å². The Balaban J connectivity index is 1.69. The molecule has 3 rings (SSSR count). The van der Waals surface area contributed by atoms with Crippen LogP contribution in [-0.2, 0) is 20.7 Å². The maximum absolute atomic E-state index is 13.4. The number of hydrogen-bond acceptors (Lipinski definition) is 4. The van der Waals surface area contributed by atoms with Crippen molar-refractivity contribution in [2.24, 2.45) is 11.1 Å². The number of likely N-dealkylation sites (tertiary alicyclic amines) is 1. The smallest absolute Gasteiger partial charge is 0.239 e. The molecule has 2 fully saturated rings. The summed E-state index contributed by atoms with van der Waals surface area (Å²) in [5.41, 5.74) is 6.54. The van der Waals surface area contributed by atoms with Gasteiger partial charge in [-0.3, -0.25) is 9.59 Å². The standard InChI is InChI=1S/C24H35ClN2O3/c1-2-21(26)23(29)27-14-12-24(13-15-27,16-18-8-10-19(25)11-9-18)22(28)17-30-20-6-4-3-5-7-20/h8-11,20-21H,2-7,12-17,26H2,1H3/t21-/m0/s1. The molecule has 0 bridgehead atoms. The minimum Gasteiger partial charge on any atom is -0.370 e. The highest BCUT2D eigenvalue weighted by Gasteiger charge is 2.42. The number of nitrogens with zero attached hydrogens (tertiary/aromatic N) is 1. The van der Waals surface area contributed by atoms with E-state index in [0.29, 0.717) is 43.8 Å². The van der Waals surface area contributed by atoms with Gasteiger partial charge in [-0.05, 0) is 56.2 Å². The number of ketones is 1. The van der Waals surface area contributed by atoms with Gasteiger partial charge in [-0.1, -0.05) is 49.9 Å². The SMILES string of the molecule is CC[C@H](N)C(=O)N1CCC(Cc2ccc(Cl)cc2)(C(=O)COC2CCCCC2)CC1. The van der Waals surface area contributed by atoms with E-state index in [9.17, 15) is 9.59 Å². The minimum atomic E-state index is -0.504. The van der Waals surface area contributed by atoms with Crippen LogP contribution in [0, 0.1) is 5.41 Å². The largest absolute Gasteiger partial charge is 0.370 e. The van der Waals surface area contributed by atoms with Gasteiger partial charge in [0, 0.05) is 23.5 Å². The van der Waals surface area contributed by atoms with Crippen molar-refractivity contribution in [1.29, 1.82) is 0 Å². The fraction of sp³-hybridized carbons (Fsp3) is 0.667. The molecule has 1 heterocycles. The number of hydrogen-bond donors (Lipinski definition) is 1. The van der Waals surface area contributed by atoms with Crippen LogP contribution >= 0.6 is 11.6 Å². The van der Waals surface area contributed by atoms with Crippen LogP contribution in [0.1, 0.15) is 63.9 Å². The first kappa shape index (κ1) is 23.2. The number of nitrogens with two attached hydrogens (primary N) is 1. The van der Waals surface area contributed by atoms with E-state index in [1.54, 1.807) is 0 Å². The third-order valence-corrected chi connectivity index (χ3v) is 7.09. The Morgan fingerprint density at radius 3 is 2.40 bits per heavy atom. The Hall–Kier alpha value is -1.43. The van der Waals surface area contributed by atoms with Gasteiger partial charge >= 0.3 is 0 Å². The molecule has 0 unspecified atom stereocenters. The molecule has 166 valence electrons. The Morgan fingerprint density at radius 2 is 1.80 bits per heavy atom. The van der Waals surface area contributed by atoms with Crippen LogP contribution in [0.15, 0.2) is 24.3 Å². The number of rotatable bonds is 8.